The van der Waals surface area contributed by atoms with Gasteiger partial charge in [0.2, 0.25) is 5.91 Å². The second-order valence-corrected chi connectivity index (χ2v) is 6.72. The maximum atomic E-state index is 11.6. The molecule has 1 aromatic rings. The molecule has 0 unspecified atom stereocenters. The van der Waals surface area contributed by atoms with Gasteiger partial charge >= 0.3 is 0 Å². The first kappa shape index (κ1) is 22.3. The summed E-state index contributed by atoms with van der Waals surface area (Å²) >= 11 is 12.0. The first-order valence-electron chi connectivity index (χ1n) is 8.22. The van der Waals surface area contributed by atoms with Crippen molar-refractivity contribution in [1.82, 2.24) is 15.5 Å². The van der Waals surface area contributed by atoms with Crippen molar-refractivity contribution in [3.05, 3.63) is 33.8 Å². The number of hydrogen-bond acceptors (Lipinski definition) is 2. The number of nitrogens with one attached hydrogen (secondary N) is 2. The van der Waals surface area contributed by atoms with E-state index in [1.54, 1.807) is 6.07 Å². The highest BCUT2D eigenvalue weighted by atomic mass is 127. The number of guanidine groups is 1. The molecule has 0 atom stereocenters. The second kappa shape index (κ2) is 11.1. The van der Waals surface area contributed by atoms with Gasteiger partial charge in [-0.15, -0.1) is 24.0 Å². The van der Waals surface area contributed by atoms with E-state index >= 15 is 0 Å². The van der Waals surface area contributed by atoms with Crippen LogP contribution in [0.1, 0.15) is 25.3 Å². The first-order valence-corrected chi connectivity index (χ1v) is 8.98. The average molecular weight is 499 g/mol. The van der Waals surface area contributed by atoms with Crippen LogP contribution in [0.15, 0.2) is 23.2 Å². The highest BCUT2D eigenvalue weighted by Crippen LogP contribution is 2.28. The number of hydrogen-bond donors (Lipinski definition) is 2. The predicted molar refractivity (Wildman–Crippen MR) is 115 cm³/mol. The summed E-state index contributed by atoms with van der Waals surface area (Å²) in [6.45, 7) is 4.57. The van der Waals surface area contributed by atoms with Gasteiger partial charge in [0.25, 0.3) is 0 Å². The summed E-state index contributed by atoms with van der Waals surface area (Å²) in [6, 6.07) is 5.61. The summed E-state index contributed by atoms with van der Waals surface area (Å²) < 4.78 is 0. The van der Waals surface area contributed by atoms with Crippen molar-refractivity contribution in [2.24, 2.45) is 10.9 Å². The molecule has 0 aliphatic heterocycles. The molecular weight excluding hydrogens is 474 g/mol. The van der Waals surface area contributed by atoms with Crippen LogP contribution < -0.4 is 10.6 Å². The predicted octanol–water partition coefficient (Wildman–Crippen LogP) is 3.53. The van der Waals surface area contributed by atoms with Gasteiger partial charge in [0, 0.05) is 32.6 Å². The van der Waals surface area contributed by atoms with Gasteiger partial charge < -0.3 is 15.5 Å². The molecule has 2 rings (SSSR count). The molecule has 1 aliphatic carbocycles. The lowest BCUT2D eigenvalue weighted by Gasteiger charge is -2.22. The molecule has 1 fully saturated rings. The number of aliphatic imine (C=N–C) groups is 1. The van der Waals surface area contributed by atoms with Gasteiger partial charge in [-0.1, -0.05) is 29.3 Å². The third-order valence-electron chi connectivity index (χ3n) is 3.72. The highest BCUT2D eigenvalue weighted by molar-refractivity contribution is 14.0. The van der Waals surface area contributed by atoms with Crippen molar-refractivity contribution < 1.29 is 4.79 Å². The lowest BCUT2D eigenvalue weighted by molar-refractivity contribution is -0.122. The Morgan fingerprint density at radius 1 is 1.28 bits per heavy atom. The minimum atomic E-state index is 0. The van der Waals surface area contributed by atoms with Crippen LogP contribution in [0.2, 0.25) is 10.0 Å². The lowest BCUT2D eigenvalue weighted by atomic mass is 10.2. The molecule has 140 valence electrons. The highest BCUT2D eigenvalue weighted by Gasteiger charge is 2.28. The Bertz CT molecular complexity index is 608. The first-order chi connectivity index (χ1) is 11.5. The number of halogens is 3. The fourth-order valence-corrected chi connectivity index (χ4v) is 2.61. The fraction of sp³-hybridized carbons (Fsp3) is 0.529. The van der Waals surface area contributed by atoms with E-state index in [1.165, 1.54) is 0 Å². The maximum absolute atomic E-state index is 11.6. The zero-order valence-corrected chi connectivity index (χ0v) is 18.4. The van der Waals surface area contributed by atoms with Crippen LogP contribution in [-0.2, 0) is 11.3 Å². The zero-order valence-electron chi connectivity index (χ0n) is 14.5. The SMILES string of the molecule is CCNC(=NCCNC(=O)C1CC1)N(C)Cc1ccc(Cl)c(Cl)c1.I. The Hall–Kier alpha value is -0.730. The van der Waals surface area contributed by atoms with Gasteiger partial charge in [0.1, 0.15) is 0 Å². The van der Waals surface area contributed by atoms with Crippen LogP contribution in [-0.4, -0.2) is 43.4 Å². The Kier molecular flexibility index (Phi) is 9.89. The monoisotopic (exact) mass is 498 g/mol. The van der Waals surface area contributed by atoms with Crippen LogP contribution in [0.4, 0.5) is 0 Å². The van der Waals surface area contributed by atoms with Crippen LogP contribution >= 0.6 is 47.2 Å². The Labute approximate surface area is 176 Å². The summed E-state index contributed by atoms with van der Waals surface area (Å²) in [5.74, 6) is 1.18. The molecule has 0 aromatic heterocycles. The minimum absolute atomic E-state index is 0. The third-order valence-corrected chi connectivity index (χ3v) is 4.46. The van der Waals surface area contributed by atoms with Gasteiger partial charge in [-0.25, -0.2) is 0 Å². The van der Waals surface area contributed by atoms with Crippen LogP contribution in [0, 0.1) is 5.92 Å². The molecule has 0 saturated heterocycles. The van der Waals surface area contributed by atoms with Crippen molar-refractivity contribution >= 4 is 59.0 Å². The molecule has 0 heterocycles. The number of rotatable bonds is 7. The van der Waals surface area contributed by atoms with E-state index in [9.17, 15) is 4.79 Å². The maximum Gasteiger partial charge on any atom is 0.223 e. The fourth-order valence-electron chi connectivity index (χ4n) is 2.29. The van der Waals surface area contributed by atoms with Gasteiger partial charge in [0.15, 0.2) is 5.96 Å². The number of benzene rings is 1. The number of nitrogens with zero attached hydrogens (tertiary/aromatic N) is 2. The molecule has 0 bridgehead atoms. The second-order valence-electron chi connectivity index (χ2n) is 5.91. The van der Waals surface area contributed by atoms with Gasteiger partial charge in [-0.2, -0.15) is 0 Å². The summed E-state index contributed by atoms with van der Waals surface area (Å²) in [4.78, 5) is 18.2. The van der Waals surface area contributed by atoms with Crippen molar-refractivity contribution in [2.75, 3.05) is 26.7 Å². The van der Waals surface area contributed by atoms with E-state index in [0.717, 1.165) is 30.9 Å². The topological polar surface area (TPSA) is 56.7 Å². The van der Waals surface area contributed by atoms with Crippen LogP contribution in [0.5, 0.6) is 0 Å². The minimum Gasteiger partial charge on any atom is -0.357 e. The van der Waals surface area contributed by atoms with Crippen molar-refractivity contribution in [3.8, 4) is 0 Å². The quantitative estimate of drug-likeness (QED) is 0.261. The van der Waals surface area contributed by atoms with E-state index < -0.39 is 0 Å². The third kappa shape index (κ3) is 7.58. The van der Waals surface area contributed by atoms with E-state index in [1.807, 2.05) is 31.0 Å². The molecule has 1 saturated carbocycles. The molecule has 2 N–H and O–H groups in total. The molecule has 8 heteroatoms. The van der Waals surface area contributed by atoms with E-state index in [2.05, 4.69) is 15.6 Å². The van der Waals surface area contributed by atoms with Crippen molar-refractivity contribution in [1.29, 1.82) is 0 Å². The van der Waals surface area contributed by atoms with Crippen molar-refractivity contribution in [3.63, 3.8) is 0 Å². The molecule has 1 amide bonds. The molecule has 0 spiro atoms. The summed E-state index contributed by atoms with van der Waals surface area (Å²) in [5.41, 5.74) is 1.06. The summed E-state index contributed by atoms with van der Waals surface area (Å²) in [6.07, 6.45) is 2.04. The van der Waals surface area contributed by atoms with Gasteiger partial charge in [-0.05, 0) is 37.5 Å². The lowest BCUT2D eigenvalue weighted by Crippen LogP contribution is -2.39. The zero-order chi connectivity index (χ0) is 17.5. The molecule has 1 aromatic carbocycles. The Morgan fingerprint density at radius 3 is 2.60 bits per heavy atom. The van der Waals surface area contributed by atoms with Crippen LogP contribution in [0.25, 0.3) is 0 Å². The molecule has 1 aliphatic rings. The summed E-state index contributed by atoms with van der Waals surface area (Å²) in [5, 5.41) is 7.28. The van der Waals surface area contributed by atoms with Gasteiger partial charge in [0.05, 0.1) is 16.6 Å². The summed E-state index contributed by atoms with van der Waals surface area (Å²) in [7, 11) is 1.97. The number of carbonyl (C=O) groups excluding carboxylic acids is 1. The molecule has 5 nitrogen and oxygen atoms in total. The average Bonchev–Trinajstić information content (AvgIpc) is 3.38. The largest absolute Gasteiger partial charge is 0.357 e. The smallest absolute Gasteiger partial charge is 0.223 e. The standard InChI is InChI=1S/C17H24Cl2N4O.HI/c1-3-20-17(22-9-8-21-16(24)13-5-6-13)23(2)11-12-4-7-14(18)15(19)10-12;/h4,7,10,13H,3,5-6,8-9,11H2,1-2H3,(H,20,22)(H,21,24);1H. The normalized spacial score (nSPS) is 13.8. The molecule has 25 heavy (non-hydrogen) atoms. The van der Waals surface area contributed by atoms with E-state index in [0.29, 0.717) is 29.7 Å². The van der Waals surface area contributed by atoms with Gasteiger partial charge in [-0.3, -0.25) is 9.79 Å². The van der Waals surface area contributed by atoms with Crippen LogP contribution in [0.3, 0.4) is 0 Å². The van der Waals surface area contributed by atoms with Crippen molar-refractivity contribution in [2.45, 2.75) is 26.3 Å². The Morgan fingerprint density at radius 2 is 2.00 bits per heavy atom. The van der Waals surface area contributed by atoms with E-state index in [-0.39, 0.29) is 35.8 Å². The molecular formula is C17H25Cl2IN4O. The number of carbonyl (C=O) groups is 1. The van der Waals surface area contributed by atoms with E-state index in [4.69, 9.17) is 23.2 Å². The number of amides is 1. The molecule has 0 radical (unpaired) electrons. The Balaban J connectivity index is 0.00000312.